The first kappa shape index (κ1) is 12.7. The average molecular weight is 247 g/mol. The number of aryl methyl sites for hydroxylation is 1. The van der Waals surface area contributed by atoms with E-state index in [-0.39, 0.29) is 11.9 Å². The van der Waals surface area contributed by atoms with Crippen LogP contribution in [0.1, 0.15) is 18.4 Å². The third-order valence-corrected chi connectivity index (χ3v) is 3.47. The molecule has 0 aliphatic carbocycles. The average Bonchev–Trinajstić information content (AvgIpc) is 2.80. The molecule has 0 saturated carbocycles. The normalized spacial score (nSPS) is 19.1. The second-order valence-electron chi connectivity index (χ2n) is 5.15. The minimum atomic E-state index is -0.0656. The number of hydrogen-bond donors (Lipinski definition) is 1. The number of nitrogens with two attached hydrogens (primary N) is 1. The lowest BCUT2D eigenvalue weighted by molar-refractivity contribution is -0.129. The van der Waals surface area contributed by atoms with Gasteiger partial charge >= 0.3 is 0 Å². The number of amides is 1. The van der Waals surface area contributed by atoms with Gasteiger partial charge in [0.15, 0.2) is 0 Å². The maximum atomic E-state index is 12.2. The second-order valence-corrected chi connectivity index (χ2v) is 5.15. The number of nitrogens with zero attached hydrogens (tertiary/aromatic N) is 2. The Hall–Kier alpha value is -1.71. The molecule has 1 heterocycles. The van der Waals surface area contributed by atoms with E-state index in [1.807, 2.05) is 19.1 Å². The van der Waals surface area contributed by atoms with Gasteiger partial charge in [-0.2, -0.15) is 0 Å². The number of hydrogen-bond acceptors (Lipinski definition) is 3. The van der Waals surface area contributed by atoms with Crippen LogP contribution in [0.25, 0.3) is 0 Å². The zero-order valence-corrected chi connectivity index (χ0v) is 11.3. The Balaban J connectivity index is 2.31. The number of nitrogen functional groups attached to an aromatic ring is 1. The molecule has 1 unspecified atom stereocenters. The van der Waals surface area contributed by atoms with Crippen molar-refractivity contribution in [1.29, 1.82) is 0 Å². The van der Waals surface area contributed by atoms with E-state index >= 15 is 0 Å². The summed E-state index contributed by atoms with van der Waals surface area (Å²) in [4.78, 5) is 16.0. The number of anilines is 2. The predicted octanol–water partition coefficient (Wildman–Crippen LogP) is 1.63. The SMILES string of the molecule is Cc1ccc(N)c(N2CCCC2C(=O)N(C)C)c1. The summed E-state index contributed by atoms with van der Waals surface area (Å²) < 4.78 is 0. The van der Waals surface area contributed by atoms with Crippen molar-refractivity contribution in [3.05, 3.63) is 23.8 Å². The highest BCUT2D eigenvalue weighted by molar-refractivity contribution is 5.87. The smallest absolute Gasteiger partial charge is 0.244 e. The highest BCUT2D eigenvalue weighted by Crippen LogP contribution is 2.31. The maximum absolute atomic E-state index is 12.2. The summed E-state index contributed by atoms with van der Waals surface area (Å²) in [6, 6.07) is 5.91. The summed E-state index contributed by atoms with van der Waals surface area (Å²) in [5.74, 6) is 0.161. The Morgan fingerprint density at radius 3 is 2.83 bits per heavy atom. The first-order chi connectivity index (χ1) is 8.50. The fourth-order valence-corrected chi connectivity index (χ4v) is 2.51. The molecule has 2 rings (SSSR count). The van der Waals surface area contributed by atoms with Crippen LogP contribution >= 0.6 is 0 Å². The Kier molecular flexibility index (Phi) is 3.45. The van der Waals surface area contributed by atoms with Crippen LogP contribution in [0, 0.1) is 6.92 Å². The van der Waals surface area contributed by atoms with Gasteiger partial charge in [0.1, 0.15) is 6.04 Å². The van der Waals surface area contributed by atoms with Crippen LogP contribution in [-0.4, -0.2) is 37.5 Å². The van der Waals surface area contributed by atoms with Crippen molar-refractivity contribution in [2.24, 2.45) is 0 Å². The van der Waals surface area contributed by atoms with E-state index in [4.69, 9.17) is 5.73 Å². The zero-order chi connectivity index (χ0) is 13.3. The largest absolute Gasteiger partial charge is 0.397 e. The van der Waals surface area contributed by atoms with E-state index in [0.717, 1.165) is 30.8 Å². The van der Waals surface area contributed by atoms with Gasteiger partial charge in [0.2, 0.25) is 5.91 Å². The summed E-state index contributed by atoms with van der Waals surface area (Å²) >= 11 is 0. The van der Waals surface area contributed by atoms with Gasteiger partial charge in [-0.15, -0.1) is 0 Å². The standard InChI is InChI=1S/C14H21N3O/c1-10-6-7-11(15)13(9-10)17-8-4-5-12(17)14(18)16(2)3/h6-7,9,12H,4-5,8,15H2,1-3H3. The molecule has 1 atom stereocenters. The quantitative estimate of drug-likeness (QED) is 0.808. The highest BCUT2D eigenvalue weighted by atomic mass is 16.2. The molecule has 1 amide bonds. The van der Waals surface area contributed by atoms with Crippen LogP contribution in [0.2, 0.25) is 0 Å². The molecule has 0 aromatic heterocycles. The molecule has 4 heteroatoms. The van der Waals surface area contributed by atoms with Gasteiger partial charge in [0.05, 0.1) is 11.4 Å². The molecule has 0 spiro atoms. The van der Waals surface area contributed by atoms with Crippen molar-refractivity contribution in [2.75, 3.05) is 31.3 Å². The molecular weight excluding hydrogens is 226 g/mol. The van der Waals surface area contributed by atoms with Gasteiger partial charge in [-0.1, -0.05) is 6.07 Å². The van der Waals surface area contributed by atoms with Gasteiger partial charge in [-0.05, 0) is 37.5 Å². The van der Waals surface area contributed by atoms with Crippen LogP contribution in [-0.2, 0) is 4.79 Å². The molecule has 2 N–H and O–H groups in total. The first-order valence-electron chi connectivity index (χ1n) is 6.34. The molecule has 98 valence electrons. The van der Waals surface area contributed by atoms with Crippen LogP contribution < -0.4 is 10.6 Å². The Morgan fingerprint density at radius 1 is 1.44 bits per heavy atom. The Labute approximate surface area is 108 Å². The van der Waals surface area contributed by atoms with Gasteiger partial charge in [-0.25, -0.2) is 0 Å². The number of carbonyl (C=O) groups is 1. The van der Waals surface area contributed by atoms with E-state index in [1.165, 1.54) is 5.56 Å². The molecule has 0 bridgehead atoms. The lowest BCUT2D eigenvalue weighted by Gasteiger charge is -2.29. The summed E-state index contributed by atoms with van der Waals surface area (Å²) in [6.45, 7) is 2.94. The summed E-state index contributed by atoms with van der Waals surface area (Å²) in [6.07, 6.45) is 1.95. The summed E-state index contributed by atoms with van der Waals surface area (Å²) in [5, 5.41) is 0. The fourth-order valence-electron chi connectivity index (χ4n) is 2.51. The molecule has 1 aromatic rings. The van der Waals surface area contributed by atoms with Gasteiger partial charge in [-0.3, -0.25) is 4.79 Å². The van der Waals surface area contributed by atoms with Crippen LogP contribution in [0.4, 0.5) is 11.4 Å². The maximum Gasteiger partial charge on any atom is 0.244 e. The van der Waals surface area contributed by atoms with E-state index in [1.54, 1.807) is 19.0 Å². The zero-order valence-electron chi connectivity index (χ0n) is 11.3. The molecule has 18 heavy (non-hydrogen) atoms. The van der Waals surface area contributed by atoms with Crippen LogP contribution in [0.3, 0.4) is 0 Å². The molecular formula is C14H21N3O. The van der Waals surface area contributed by atoms with Crippen LogP contribution in [0.5, 0.6) is 0 Å². The van der Waals surface area contributed by atoms with Gasteiger partial charge < -0.3 is 15.5 Å². The molecule has 4 nitrogen and oxygen atoms in total. The predicted molar refractivity (Wildman–Crippen MR) is 74.7 cm³/mol. The Morgan fingerprint density at radius 2 is 2.17 bits per heavy atom. The van der Waals surface area contributed by atoms with Gasteiger partial charge in [0.25, 0.3) is 0 Å². The van der Waals surface area contributed by atoms with Crippen molar-refractivity contribution in [3.8, 4) is 0 Å². The van der Waals surface area contributed by atoms with Crippen molar-refractivity contribution < 1.29 is 4.79 Å². The number of rotatable bonds is 2. The molecule has 1 aliphatic heterocycles. The lowest BCUT2D eigenvalue weighted by atomic mass is 10.1. The minimum Gasteiger partial charge on any atom is -0.397 e. The van der Waals surface area contributed by atoms with Crippen LogP contribution in [0.15, 0.2) is 18.2 Å². The lowest BCUT2D eigenvalue weighted by Crippen LogP contribution is -2.43. The minimum absolute atomic E-state index is 0.0656. The third-order valence-electron chi connectivity index (χ3n) is 3.47. The van der Waals surface area contributed by atoms with E-state index in [2.05, 4.69) is 11.0 Å². The number of benzene rings is 1. The topological polar surface area (TPSA) is 49.6 Å². The molecule has 1 fully saturated rings. The molecule has 1 aliphatic rings. The summed E-state index contributed by atoms with van der Waals surface area (Å²) in [5.41, 5.74) is 8.95. The monoisotopic (exact) mass is 247 g/mol. The first-order valence-corrected chi connectivity index (χ1v) is 6.34. The van der Waals surface area contributed by atoms with E-state index in [9.17, 15) is 4.79 Å². The molecule has 1 saturated heterocycles. The summed E-state index contributed by atoms with van der Waals surface area (Å²) in [7, 11) is 3.61. The highest BCUT2D eigenvalue weighted by Gasteiger charge is 2.32. The van der Waals surface area contributed by atoms with E-state index < -0.39 is 0 Å². The van der Waals surface area contributed by atoms with Crippen molar-refractivity contribution in [1.82, 2.24) is 4.90 Å². The molecule has 1 aromatic carbocycles. The molecule has 0 radical (unpaired) electrons. The fraction of sp³-hybridized carbons (Fsp3) is 0.500. The van der Waals surface area contributed by atoms with E-state index in [0.29, 0.717) is 0 Å². The third kappa shape index (κ3) is 2.28. The van der Waals surface area contributed by atoms with Crippen molar-refractivity contribution in [2.45, 2.75) is 25.8 Å². The number of carbonyl (C=O) groups excluding carboxylic acids is 1. The van der Waals surface area contributed by atoms with Crippen molar-refractivity contribution in [3.63, 3.8) is 0 Å². The van der Waals surface area contributed by atoms with Crippen molar-refractivity contribution >= 4 is 17.3 Å². The van der Waals surface area contributed by atoms with Gasteiger partial charge in [0, 0.05) is 20.6 Å². The second kappa shape index (κ2) is 4.88. The number of likely N-dealkylation sites (N-methyl/N-ethyl adjacent to an activating group) is 1. The Bertz CT molecular complexity index is 456.